The number of unbranched alkanes of at least 4 members (excludes halogenated alkanes) is 43. The van der Waals surface area contributed by atoms with Crippen LogP contribution in [0, 0.1) is 11.8 Å². The second-order valence-corrected chi connectivity index (χ2v) is 20.4. The molecule has 0 aromatic heterocycles. The molecule has 0 saturated heterocycles. The molecule has 2 unspecified atom stereocenters. The molecule has 0 aliphatic carbocycles. The molecule has 0 amide bonds. The first kappa shape index (κ1) is 64.0. The summed E-state index contributed by atoms with van der Waals surface area (Å²) < 4.78 is 0. The van der Waals surface area contributed by atoms with Crippen LogP contribution in [0.3, 0.4) is 0 Å². The van der Waals surface area contributed by atoms with Gasteiger partial charge in [0.2, 0.25) is 0 Å². The van der Waals surface area contributed by atoms with E-state index in [1.807, 2.05) is 0 Å². The van der Waals surface area contributed by atoms with E-state index in [1.54, 1.807) is 0 Å². The smallest absolute Gasteiger partial charge is 0.306 e. The van der Waals surface area contributed by atoms with Crippen LogP contribution in [0.1, 0.15) is 355 Å². The lowest BCUT2D eigenvalue weighted by atomic mass is 9.94. The Hall–Kier alpha value is -1.06. The van der Waals surface area contributed by atoms with Crippen molar-refractivity contribution in [2.45, 2.75) is 355 Å². The Balaban J connectivity index is 0. The van der Waals surface area contributed by atoms with Gasteiger partial charge in [0.15, 0.2) is 0 Å². The molecule has 2 atom stereocenters. The number of hydrogen-bond donors (Lipinski definition) is 2. The summed E-state index contributed by atoms with van der Waals surface area (Å²) in [5, 5.41) is 18.9. The van der Waals surface area contributed by atoms with Gasteiger partial charge >= 0.3 is 11.9 Å². The van der Waals surface area contributed by atoms with E-state index in [9.17, 15) is 19.8 Å². The zero-order valence-electron chi connectivity index (χ0n) is 43.9. The average molecular weight is 892 g/mol. The maximum Gasteiger partial charge on any atom is 0.306 e. The highest BCUT2D eigenvalue weighted by Gasteiger charge is 2.17. The molecule has 0 aromatic rings. The minimum Gasteiger partial charge on any atom is -0.481 e. The van der Waals surface area contributed by atoms with Gasteiger partial charge in [-0.2, -0.15) is 0 Å². The van der Waals surface area contributed by atoms with E-state index in [0.717, 1.165) is 51.4 Å². The molecular weight excluding hydrogens is 773 g/mol. The third kappa shape index (κ3) is 55.2. The maximum absolute atomic E-state index is 11.6. The Morgan fingerprint density at radius 1 is 0.222 bits per heavy atom. The van der Waals surface area contributed by atoms with Gasteiger partial charge in [-0.15, -0.1) is 0 Å². The van der Waals surface area contributed by atoms with E-state index in [1.165, 1.54) is 276 Å². The van der Waals surface area contributed by atoms with Crippen LogP contribution in [-0.2, 0) is 9.59 Å². The summed E-state index contributed by atoms with van der Waals surface area (Å²) in [4.78, 5) is 22.9. The largest absolute Gasteiger partial charge is 0.481 e. The van der Waals surface area contributed by atoms with E-state index < -0.39 is 11.9 Å². The van der Waals surface area contributed by atoms with Crippen molar-refractivity contribution in [2.24, 2.45) is 11.8 Å². The van der Waals surface area contributed by atoms with Gasteiger partial charge in [0.05, 0.1) is 11.8 Å². The average Bonchev–Trinajstić information content (AvgIpc) is 3.27. The molecule has 0 aliphatic rings. The summed E-state index contributed by atoms with van der Waals surface area (Å²) in [6, 6.07) is 0. The molecule has 63 heavy (non-hydrogen) atoms. The van der Waals surface area contributed by atoms with Crippen LogP contribution in [0.4, 0.5) is 0 Å². The summed E-state index contributed by atoms with van der Waals surface area (Å²) in [5.41, 5.74) is 0. The molecule has 378 valence electrons. The highest BCUT2D eigenvalue weighted by Crippen LogP contribution is 2.22. The van der Waals surface area contributed by atoms with Crippen molar-refractivity contribution in [1.82, 2.24) is 0 Å². The first-order valence-electron chi connectivity index (χ1n) is 29.4. The highest BCUT2D eigenvalue weighted by atomic mass is 16.4. The lowest BCUT2D eigenvalue weighted by molar-refractivity contribution is -0.143. The Labute approximate surface area is 397 Å². The standard InChI is InChI=1S/C34H68O2.C25H50O2/c1-3-5-7-9-11-13-15-17-18-19-20-22-24-26-28-30-32-33(34(35)36)31-29-27-25-23-21-16-14-12-10-8-6-4-2;1-3-5-7-8-9-10-11-12-13-14-15-16-17-18-19-21-23-24(25(26)27)22-20-6-4-2/h33H,3-32H2,1-2H3,(H,35,36);24H,3-23H2,1-2H3,(H,26,27). The lowest BCUT2D eigenvalue weighted by Crippen LogP contribution is -2.13. The van der Waals surface area contributed by atoms with E-state index in [2.05, 4.69) is 27.7 Å². The van der Waals surface area contributed by atoms with Crippen LogP contribution in [0.15, 0.2) is 0 Å². The van der Waals surface area contributed by atoms with Gasteiger partial charge < -0.3 is 10.2 Å². The number of hydrogen-bond acceptors (Lipinski definition) is 2. The quantitative estimate of drug-likeness (QED) is 0.0597. The van der Waals surface area contributed by atoms with Crippen LogP contribution < -0.4 is 0 Å². The van der Waals surface area contributed by atoms with Gasteiger partial charge in [-0.3, -0.25) is 9.59 Å². The minimum atomic E-state index is -0.577. The SMILES string of the molecule is CCCCCCCCCCCCCCCCCCC(CCCCC)C(=O)O.CCCCCCCCCCCCCCCCCCC(CCCCCCCCCCCCCC)C(=O)O. The van der Waals surface area contributed by atoms with Crippen molar-refractivity contribution in [3.63, 3.8) is 0 Å². The topological polar surface area (TPSA) is 74.6 Å². The van der Waals surface area contributed by atoms with Crippen molar-refractivity contribution in [1.29, 1.82) is 0 Å². The first-order valence-corrected chi connectivity index (χ1v) is 29.4. The van der Waals surface area contributed by atoms with Gasteiger partial charge in [-0.05, 0) is 25.7 Å². The Morgan fingerprint density at radius 2 is 0.333 bits per heavy atom. The van der Waals surface area contributed by atoms with Crippen molar-refractivity contribution in [2.75, 3.05) is 0 Å². The molecule has 4 heteroatoms. The normalized spacial score (nSPS) is 12.3. The fourth-order valence-electron chi connectivity index (χ4n) is 9.53. The third-order valence-corrected chi connectivity index (χ3v) is 14.1. The maximum atomic E-state index is 11.6. The molecule has 0 heterocycles. The molecule has 0 radical (unpaired) electrons. The summed E-state index contributed by atoms with van der Waals surface area (Å²) in [6.45, 7) is 9.02. The van der Waals surface area contributed by atoms with Crippen LogP contribution in [0.25, 0.3) is 0 Å². The van der Waals surface area contributed by atoms with E-state index in [-0.39, 0.29) is 11.8 Å². The molecule has 0 fully saturated rings. The molecule has 4 nitrogen and oxygen atoms in total. The molecule has 0 aliphatic heterocycles. The predicted molar refractivity (Wildman–Crippen MR) is 280 cm³/mol. The zero-order valence-corrected chi connectivity index (χ0v) is 43.9. The fraction of sp³-hybridized carbons (Fsp3) is 0.966. The summed E-state index contributed by atoms with van der Waals surface area (Å²) >= 11 is 0. The monoisotopic (exact) mass is 891 g/mol. The Morgan fingerprint density at radius 3 is 0.476 bits per heavy atom. The number of aliphatic carboxylic acids is 2. The van der Waals surface area contributed by atoms with Gasteiger partial charge in [0.25, 0.3) is 0 Å². The zero-order chi connectivity index (χ0) is 46.4. The number of rotatable bonds is 53. The molecule has 0 aromatic carbocycles. The van der Waals surface area contributed by atoms with Crippen molar-refractivity contribution >= 4 is 11.9 Å². The second-order valence-electron chi connectivity index (χ2n) is 20.4. The fourth-order valence-corrected chi connectivity index (χ4v) is 9.53. The Bertz CT molecular complexity index is 856. The number of carboxylic acids is 2. The minimum absolute atomic E-state index is 0.0943. The van der Waals surface area contributed by atoms with Gasteiger partial charge in [-0.1, -0.05) is 329 Å². The van der Waals surface area contributed by atoms with Crippen LogP contribution in [0.2, 0.25) is 0 Å². The highest BCUT2D eigenvalue weighted by molar-refractivity contribution is 5.70. The first-order chi connectivity index (χ1) is 30.9. The number of carboxylic acid groups (broad SMARTS) is 2. The van der Waals surface area contributed by atoms with Crippen molar-refractivity contribution in [3.8, 4) is 0 Å². The molecule has 0 spiro atoms. The molecule has 0 rings (SSSR count). The predicted octanol–water partition coefficient (Wildman–Crippen LogP) is 21.3. The van der Waals surface area contributed by atoms with E-state index in [4.69, 9.17) is 0 Å². The summed E-state index contributed by atoms with van der Waals surface area (Å²) in [5.74, 6) is -1.32. The lowest BCUT2D eigenvalue weighted by Gasteiger charge is -2.12. The van der Waals surface area contributed by atoms with Gasteiger partial charge in [0.1, 0.15) is 0 Å². The third-order valence-electron chi connectivity index (χ3n) is 14.1. The van der Waals surface area contributed by atoms with Crippen LogP contribution in [0.5, 0.6) is 0 Å². The summed E-state index contributed by atoms with van der Waals surface area (Å²) in [7, 11) is 0. The van der Waals surface area contributed by atoms with Crippen LogP contribution >= 0.6 is 0 Å². The van der Waals surface area contributed by atoms with Gasteiger partial charge in [-0.25, -0.2) is 0 Å². The van der Waals surface area contributed by atoms with Crippen molar-refractivity contribution < 1.29 is 19.8 Å². The molecule has 0 saturated carbocycles. The van der Waals surface area contributed by atoms with E-state index >= 15 is 0 Å². The Kier molecular flexibility index (Phi) is 58.0. The second kappa shape index (κ2) is 57.1. The van der Waals surface area contributed by atoms with E-state index in [0.29, 0.717) is 0 Å². The van der Waals surface area contributed by atoms with Crippen molar-refractivity contribution in [3.05, 3.63) is 0 Å². The number of carbonyl (C=O) groups is 2. The molecular formula is C59H118O4. The molecule has 0 bridgehead atoms. The summed E-state index contributed by atoms with van der Waals surface area (Å²) in [6.07, 6.45) is 67.0. The van der Waals surface area contributed by atoms with Gasteiger partial charge in [0, 0.05) is 0 Å². The molecule has 2 N–H and O–H groups in total. The van der Waals surface area contributed by atoms with Crippen LogP contribution in [-0.4, -0.2) is 22.2 Å².